The zero-order chi connectivity index (χ0) is 14.4. The van der Waals surface area contributed by atoms with Gasteiger partial charge in [-0.05, 0) is 13.3 Å². The van der Waals surface area contributed by atoms with Crippen LogP contribution in [-0.4, -0.2) is 41.4 Å². The zero-order valence-electron chi connectivity index (χ0n) is 9.66. The first-order valence-electron chi connectivity index (χ1n) is 4.85. The maximum absolute atomic E-state index is 11.6. The van der Waals surface area contributed by atoms with E-state index in [9.17, 15) is 18.0 Å². The van der Waals surface area contributed by atoms with Crippen LogP contribution in [0.25, 0.3) is 0 Å². The second kappa shape index (κ2) is 6.47. The van der Waals surface area contributed by atoms with Gasteiger partial charge >= 0.3 is 11.9 Å². The van der Waals surface area contributed by atoms with Crippen molar-refractivity contribution < 1.29 is 37.4 Å². The Bertz CT molecular complexity index is 426. The molecule has 0 aliphatic heterocycles. The van der Waals surface area contributed by atoms with Crippen molar-refractivity contribution in [3.8, 4) is 0 Å². The predicted molar refractivity (Wildman–Crippen MR) is 59.1 cm³/mol. The predicted octanol–water partition coefficient (Wildman–Crippen LogP) is 0.159. The third-order valence-corrected chi connectivity index (χ3v) is 3.49. The largest absolute Gasteiger partial charge is 0.481 e. The van der Waals surface area contributed by atoms with Gasteiger partial charge in [-0.1, -0.05) is 6.08 Å². The number of aliphatic carboxylic acids is 1. The van der Waals surface area contributed by atoms with Crippen LogP contribution in [0.2, 0.25) is 0 Å². The first kappa shape index (κ1) is 16.6. The van der Waals surface area contributed by atoms with Crippen LogP contribution in [-0.2, 0) is 29.5 Å². The molecule has 0 radical (unpaired) electrons. The van der Waals surface area contributed by atoms with E-state index in [-0.39, 0.29) is 6.61 Å². The molecule has 0 saturated carbocycles. The van der Waals surface area contributed by atoms with Crippen LogP contribution >= 0.6 is 0 Å². The lowest BCUT2D eigenvalue weighted by Gasteiger charge is -2.24. The van der Waals surface area contributed by atoms with E-state index in [0.29, 0.717) is 0 Å². The molecule has 1 unspecified atom stereocenters. The summed E-state index contributed by atoms with van der Waals surface area (Å²) in [5.74, 6) is -3.10. The van der Waals surface area contributed by atoms with Crippen molar-refractivity contribution in [2.24, 2.45) is 0 Å². The van der Waals surface area contributed by atoms with Gasteiger partial charge in [-0.25, -0.2) is 4.79 Å². The van der Waals surface area contributed by atoms with Crippen LogP contribution in [0, 0.1) is 0 Å². The van der Waals surface area contributed by atoms with Gasteiger partial charge in [0.25, 0.3) is 10.1 Å². The number of carboxylic acid groups (broad SMARTS) is 1. The number of carboxylic acids is 1. The summed E-state index contributed by atoms with van der Waals surface area (Å²) in [5, 5.41) is 8.65. The van der Waals surface area contributed by atoms with Gasteiger partial charge < -0.3 is 5.11 Å². The average molecular weight is 282 g/mol. The second-order valence-electron chi connectivity index (χ2n) is 3.31. The van der Waals surface area contributed by atoms with Crippen molar-refractivity contribution >= 4 is 22.1 Å². The van der Waals surface area contributed by atoms with Gasteiger partial charge in [0.2, 0.25) is 4.75 Å². The molecule has 0 saturated heterocycles. The average Bonchev–Trinajstić information content (AvgIpc) is 2.22. The van der Waals surface area contributed by atoms with Crippen molar-refractivity contribution in [2.45, 2.75) is 24.5 Å². The number of hydrogen-bond donors (Lipinski definition) is 2. The highest BCUT2D eigenvalue weighted by molar-refractivity contribution is 7.88. The van der Waals surface area contributed by atoms with Gasteiger partial charge in [0, 0.05) is 0 Å². The Morgan fingerprint density at radius 2 is 2.00 bits per heavy atom. The van der Waals surface area contributed by atoms with Gasteiger partial charge in [0.05, 0.1) is 13.0 Å². The summed E-state index contributed by atoms with van der Waals surface area (Å²) in [6, 6.07) is 0. The number of carbonyl (C=O) groups excluding carboxylic acids is 1. The molecule has 0 aromatic carbocycles. The fourth-order valence-corrected chi connectivity index (χ4v) is 2.07. The summed E-state index contributed by atoms with van der Waals surface area (Å²) in [6.07, 6.45) is -0.794. The molecule has 0 bridgehead atoms. The monoisotopic (exact) mass is 282 g/mol. The van der Waals surface area contributed by atoms with Crippen molar-refractivity contribution in [1.82, 2.24) is 0 Å². The molecule has 0 heterocycles. The molecule has 0 aromatic rings. The molecular formula is C9H14O8S. The Hall–Kier alpha value is -1.45. The van der Waals surface area contributed by atoms with Crippen LogP contribution < -0.4 is 0 Å². The van der Waals surface area contributed by atoms with Crippen LogP contribution in [0.15, 0.2) is 12.7 Å². The number of hydrogen-bond acceptors (Lipinski definition) is 6. The first-order chi connectivity index (χ1) is 8.21. The Balaban J connectivity index is 5.53. The van der Waals surface area contributed by atoms with E-state index in [1.54, 1.807) is 0 Å². The highest BCUT2D eigenvalue weighted by Gasteiger charge is 2.53. The lowest BCUT2D eigenvalue weighted by molar-refractivity contribution is -0.272. The van der Waals surface area contributed by atoms with Crippen LogP contribution in [0.4, 0.5) is 0 Å². The van der Waals surface area contributed by atoms with Crippen molar-refractivity contribution in [2.75, 3.05) is 6.61 Å². The van der Waals surface area contributed by atoms with E-state index in [0.717, 1.165) is 6.08 Å². The highest BCUT2D eigenvalue weighted by atomic mass is 32.2. The Morgan fingerprint density at radius 3 is 2.33 bits per heavy atom. The summed E-state index contributed by atoms with van der Waals surface area (Å²) in [7, 11) is -5.02. The van der Waals surface area contributed by atoms with E-state index in [1.165, 1.54) is 6.92 Å². The first-order valence-corrected chi connectivity index (χ1v) is 6.29. The van der Waals surface area contributed by atoms with E-state index < -0.39 is 39.6 Å². The van der Waals surface area contributed by atoms with Gasteiger partial charge in [-0.2, -0.15) is 13.3 Å². The Labute approximate surface area is 104 Å². The van der Waals surface area contributed by atoms with Crippen LogP contribution in [0.3, 0.4) is 0 Å². The van der Waals surface area contributed by atoms with Crippen molar-refractivity contribution in [1.29, 1.82) is 0 Å². The van der Waals surface area contributed by atoms with E-state index in [1.807, 2.05) is 0 Å². The van der Waals surface area contributed by atoms with Gasteiger partial charge in [-0.15, -0.1) is 6.58 Å². The third kappa shape index (κ3) is 3.79. The number of allylic oxidation sites excluding steroid dienone is 1. The molecule has 18 heavy (non-hydrogen) atoms. The molecule has 9 heteroatoms. The van der Waals surface area contributed by atoms with Gasteiger partial charge in [0.15, 0.2) is 0 Å². The smallest absolute Gasteiger partial charge is 0.366 e. The van der Waals surface area contributed by atoms with E-state index in [2.05, 4.69) is 16.4 Å². The van der Waals surface area contributed by atoms with Crippen LogP contribution in [0.5, 0.6) is 0 Å². The molecular weight excluding hydrogens is 268 g/mol. The minimum Gasteiger partial charge on any atom is -0.481 e. The molecule has 0 amide bonds. The molecule has 0 spiro atoms. The number of rotatable bonds is 8. The standard InChI is InChI=1S/C9H14O8S/c1-3-5-9(6-7(10)11,18(13,14)15)8(12)17-16-4-2/h3H,1,4-6H2,2H3,(H,10,11)(H,13,14,15). The Morgan fingerprint density at radius 1 is 1.44 bits per heavy atom. The molecule has 0 aromatic heterocycles. The SMILES string of the molecule is C=CCC(CC(=O)O)(C(=O)OOCC)S(=O)(=O)O. The fraction of sp³-hybridized carbons (Fsp3) is 0.556. The molecule has 8 nitrogen and oxygen atoms in total. The highest BCUT2D eigenvalue weighted by Crippen LogP contribution is 2.28. The summed E-state index contributed by atoms with van der Waals surface area (Å²) in [4.78, 5) is 30.7. The van der Waals surface area contributed by atoms with Gasteiger partial charge in [0.1, 0.15) is 0 Å². The zero-order valence-corrected chi connectivity index (χ0v) is 10.5. The van der Waals surface area contributed by atoms with Crippen molar-refractivity contribution in [3.05, 3.63) is 12.7 Å². The minimum atomic E-state index is -5.02. The number of carbonyl (C=O) groups is 2. The quantitative estimate of drug-likeness (QED) is 0.279. The Kier molecular flexibility index (Phi) is 5.95. The fourth-order valence-electron chi connectivity index (χ4n) is 1.20. The molecule has 1 atom stereocenters. The third-order valence-electron chi connectivity index (χ3n) is 2.03. The molecule has 0 aliphatic carbocycles. The molecule has 0 fully saturated rings. The summed E-state index contributed by atoms with van der Waals surface area (Å²) < 4.78 is 29.0. The topological polar surface area (TPSA) is 127 Å². The lowest BCUT2D eigenvalue weighted by atomic mass is 10.0. The van der Waals surface area contributed by atoms with Crippen molar-refractivity contribution in [3.63, 3.8) is 0 Å². The van der Waals surface area contributed by atoms with Gasteiger partial charge in [-0.3, -0.25) is 14.2 Å². The molecule has 104 valence electrons. The summed E-state index contributed by atoms with van der Waals surface area (Å²) in [6.45, 7) is 4.62. The minimum absolute atomic E-state index is 0.0611. The maximum atomic E-state index is 11.6. The maximum Gasteiger partial charge on any atom is 0.366 e. The van der Waals surface area contributed by atoms with E-state index in [4.69, 9.17) is 9.66 Å². The van der Waals surface area contributed by atoms with Crippen LogP contribution in [0.1, 0.15) is 19.8 Å². The molecule has 0 aliphatic rings. The lowest BCUT2D eigenvalue weighted by Crippen LogP contribution is -2.48. The second-order valence-corrected chi connectivity index (χ2v) is 5.04. The molecule has 0 rings (SSSR count). The van der Waals surface area contributed by atoms with E-state index >= 15 is 0 Å². The molecule has 2 N–H and O–H groups in total. The summed E-state index contributed by atoms with van der Waals surface area (Å²) >= 11 is 0. The normalized spacial score (nSPS) is 14.6. The summed E-state index contributed by atoms with van der Waals surface area (Å²) in [5.41, 5.74) is 0.